The number of anilines is 1. The average molecular weight is 423 g/mol. The highest BCUT2D eigenvalue weighted by molar-refractivity contribution is 7.16. The third kappa shape index (κ3) is 4.92. The van der Waals surface area contributed by atoms with Crippen LogP contribution < -0.4 is 5.32 Å². The Bertz CT molecular complexity index is 944. The van der Waals surface area contributed by atoms with Crippen LogP contribution in [0.15, 0.2) is 24.3 Å². The van der Waals surface area contributed by atoms with E-state index in [2.05, 4.69) is 10.3 Å². The predicted octanol–water partition coefficient (Wildman–Crippen LogP) is 4.37. The quantitative estimate of drug-likeness (QED) is 0.721. The number of hydrogen-bond acceptors (Lipinski definition) is 6. The van der Waals surface area contributed by atoms with Crippen molar-refractivity contribution in [2.45, 2.75) is 38.0 Å². The van der Waals surface area contributed by atoms with Gasteiger partial charge in [-0.3, -0.25) is 9.59 Å². The van der Waals surface area contributed by atoms with Crippen molar-refractivity contribution in [2.75, 3.05) is 5.32 Å². The van der Waals surface area contributed by atoms with Gasteiger partial charge in [-0.25, -0.2) is 4.98 Å². The Morgan fingerprint density at radius 3 is 2.66 bits per heavy atom. The van der Waals surface area contributed by atoms with Crippen molar-refractivity contribution in [1.82, 2.24) is 4.98 Å². The third-order valence-electron chi connectivity index (χ3n) is 4.72. The lowest BCUT2D eigenvalue weighted by atomic mass is 9.87. The van der Waals surface area contributed by atoms with Gasteiger partial charge < -0.3 is 10.1 Å². The van der Waals surface area contributed by atoms with Gasteiger partial charge in [0.25, 0.3) is 6.47 Å². The maximum Gasteiger partial charge on any atom is 0.416 e. The highest BCUT2D eigenvalue weighted by atomic mass is 32.1. The standard InChI is InChI=1S/C19H16F3N3O3S/c20-19(21,22)13-3-1-2-12(8-13)16-15(9-23)29-18(24-16)25-17(27)11-4-6-14(7-5-11)28-10-26/h1-3,8,10-11,14H,4-7H2,(H,24,25,27). The number of carbonyl (C=O) groups excluding carboxylic acids is 2. The molecule has 1 aromatic heterocycles. The van der Waals surface area contributed by atoms with E-state index < -0.39 is 11.7 Å². The number of carbonyl (C=O) groups is 2. The van der Waals surface area contributed by atoms with E-state index in [4.69, 9.17) is 4.74 Å². The first-order valence-corrected chi connectivity index (χ1v) is 9.62. The fourth-order valence-electron chi connectivity index (χ4n) is 3.23. The van der Waals surface area contributed by atoms with E-state index in [1.807, 2.05) is 6.07 Å². The molecule has 0 spiro atoms. The van der Waals surface area contributed by atoms with Gasteiger partial charge in [-0.15, -0.1) is 0 Å². The summed E-state index contributed by atoms with van der Waals surface area (Å²) < 4.78 is 43.8. The van der Waals surface area contributed by atoms with E-state index in [-0.39, 0.29) is 39.2 Å². The number of alkyl halides is 3. The zero-order chi connectivity index (χ0) is 21.0. The molecule has 0 saturated heterocycles. The topological polar surface area (TPSA) is 92.1 Å². The molecule has 2 aromatic rings. The van der Waals surface area contributed by atoms with Gasteiger partial charge in [0.15, 0.2) is 5.13 Å². The molecule has 1 saturated carbocycles. The van der Waals surface area contributed by atoms with Crippen molar-refractivity contribution in [2.24, 2.45) is 5.92 Å². The van der Waals surface area contributed by atoms with Gasteiger partial charge in [0, 0.05) is 11.5 Å². The second-order valence-electron chi connectivity index (χ2n) is 6.58. The Hall–Kier alpha value is -2.93. The zero-order valence-corrected chi connectivity index (χ0v) is 15.8. The van der Waals surface area contributed by atoms with E-state index in [0.717, 1.165) is 23.5 Å². The molecular formula is C19H16F3N3O3S. The first-order valence-electron chi connectivity index (χ1n) is 8.80. The molecule has 1 aliphatic carbocycles. The largest absolute Gasteiger partial charge is 0.465 e. The molecule has 0 bridgehead atoms. The Balaban J connectivity index is 1.75. The predicted molar refractivity (Wildman–Crippen MR) is 98.8 cm³/mol. The smallest absolute Gasteiger partial charge is 0.416 e. The van der Waals surface area contributed by atoms with Crippen LogP contribution in [0.5, 0.6) is 0 Å². The molecule has 0 atom stereocenters. The van der Waals surface area contributed by atoms with Gasteiger partial charge in [0.05, 0.1) is 5.56 Å². The normalized spacial score (nSPS) is 19.2. The molecule has 1 heterocycles. The van der Waals surface area contributed by atoms with Crippen LogP contribution in [-0.2, 0) is 20.5 Å². The Kier molecular flexibility index (Phi) is 6.17. The average Bonchev–Trinajstić information content (AvgIpc) is 3.11. The Morgan fingerprint density at radius 2 is 2.03 bits per heavy atom. The lowest BCUT2D eigenvalue weighted by Gasteiger charge is -2.26. The molecule has 1 aliphatic rings. The van der Waals surface area contributed by atoms with Crippen LogP contribution in [-0.4, -0.2) is 23.5 Å². The second kappa shape index (κ2) is 8.61. The SMILES string of the molecule is N#Cc1sc(NC(=O)C2CCC(OC=O)CC2)nc1-c1cccc(C(F)(F)F)c1. The summed E-state index contributed by atoms with van der Waals surface area (Å²) in [7, 11) is 0. The van der Waals surface area contributed by atoms with Crippen molar-refractivity contribution in [3.63, 3.8) is 0 Å². The van der Waals surface area contributed by atoms with E-state index in [1.54, 1.807) is 0 Å². The fraction of sp³-hybridized carbons (Fsp3) is 0.368. The van der Waals surface area contributed by atoms with Crippen molar-refractivity contribution < 1.29 is 27.5 Å². The van der Waals surface area contributed by atoms with Crippen LogP contribution in [0.3, 0.4) is 0 Å². The Morgan fingerprint density at radius 1 is 1.31 bits per heavy atom. The molecule has 0 unspecified atom stereocenters. The molecule has 6 nitrogen and oxygen atoms in total. The molecule has 0 radical (unpaired) electrons. The summed E-state index contributed by atoms with van der Waals surface area (Å²) in [5.41, 5.74) is -0.589. The Labute approximate surface area is 168 Å². The number of aromatic nitrogens is 1. The van der Waals surface area contributed by atoms with Crippen LogP contribution in [0.4, 0.5) is 18.3 Å². The van der Waals surface area contributed by atoms with Gasteiger partial charge >= 0.3 is 6.18 Å². The number of amides is 1. The summed E-state index contributed by atoms with van der Waals surface area (Å²) >= 11 is 0.912. The lowest BCUT2D eigenvalue weighted by Crippen LogP contribution is -2.29. The van der Waals surface area contributed by atoms with Crippen LogP contribution in [0.25, 0.3) is 11.3 Å². The summed E-state index contributed by atoms with van der Waals surface area (Å²) in [5, 5.41) is 12.1. The number of halogens is 3. The van der Waals surface area contributed by atoms with Gasteiger partial charge in [-0.05, 0) is 37.8 Å². The molecule has 1 aromatic carbocycles. The van der Waals surface area contributed by atoms with Gasteiger partial charge in [0.1, 0.15) is 22.7 Å². The molecule has 1 amide bonds. The van der Waals surface area contributed by atoms with E-state index >= 15 is 0 Å². The van der Waals surface area contributed by atoms with Crippen LogP contribution in [0.1, 0.15) is 36.1 Å². The minimum Gasteiger partial charge on any atom is -0.465 e. The highest BCUT2D eigenvalue weighted by Gasteiger charge is 2.31. The van der Waals surface area contributed by atoms with Gasteiger partial charge in [-0.2, -0.15) is 18.4 Å². The first kappa shape index (κ1) is 20.8. The van der Waals surface area contributed by atoms with E-state index in [0.29, 0.717) is 32.2 Å². The van der Waals surface area contributed by atoms with Crippen molar-refractivity contribution in [3.05, 3.63) is 34.7 Å². The van der Waals surface area contributed by atoms with Gasteiger partial charge in [-0.1, -0.05) is 23.5 Å². The summed E-state index contributed by atoms with van der Waals surface area (Å²) in [4.78, 5) is 27.2. The van der Waals surface area contributed by atoms with Crippen molar-refractivity contribution in [1.29, 1.82) is 5.26 Å². The second-order valence-corrected chi connectivity index (χ2v) is 7.58. The molecule has 3 rings (SSSR count). The number of nitrogens with zero attached hydrogens (tertiary/aromatic N) is 2. The molecule has 1 fully saturated rings. The minimum absolute atomic E-state index is 0.0991. The van der Waals surface area contributed by atoms with Crippen LogP contribution in [0.2, 0.25) is 0 Å². The maximum atomic E-state index is 13.0. The zero-order valence-electron chi connectivity index (χ0n) is 15.0. The van der Waals surface area contributed by atoms with Gasteiger partial charge in [0.2, 0.25) is 5.91 Å². The number of nitriles is 1. The third-order valence-corrected chi connectivity index (χ3v) is 5.59. The van der Waals surface area contributed by atoms with Crippen molar-refractivity contribution in [3.8, 4) is 17.3 Å². The number of nitrogens with one attached hydrogen (secondary N) is 1. The highest BCUT2D eigenvalue weighted by Crippen LogP contribution is 2.36. The molecule has 10 heteroatoms. The summed E-state index contributed by atoms with van der Waals surface area (Å²) in [6.07, 6.45) is -2.46. The molecule has 29 heavy (non-hydrogen) atoms. The first-order chi connectivity index (χ1) is 13.8. The summed E-state index contributed by atoms with van der Waals surface area (Å²) in [5.74, 6) is -0.559. The summed E-state index contributed by atoms with van der Waals surface area (Å²) in [6, 6.07) is 6.47. The van der Waals surface area contributed by atoms with Crippen LogP contribution >= 0.6 is 11.3 Å². The monoisotopic (exact) mass is 423 g/mol. The molecular weight excluding hydrogens is 407 g/mol. The minimum atomic E-state index is -4.51. The molecule has 1 N–H and O–H groups in total. The number of thiazole rings is 1. The fourth-order valence-corrected chi connectivity index (χ4v) is 4.02. The summed E-state index contributed by atoms with van der Waals surface area (Å²) in [6.45, 7) is 0.402. The molecule has 152 valence electrons. The number of rotatable bonds is 5. The number of ether oxygens (including phenoxy) is 1. The lowest BCUT2D eigenvalue weighted by molar-refractivity contribution is -0.138. The van der Waals surface area contributed by atoms with E-state index in [1.165, 1.54) is 12.1 Å². The number of benzene rings is 1. The molecule has 0 aliphatic heterocycles. The number of hydrogen-bond donors (Lipinski definition) is 1. The maximum absolute atomic E-state index is 13.0. The van der Waals surface area contributed by atoms with E-state index in [9.17, 15) is 28.0 Å². The van der Waals surface area contributed by atoms with Crippen LogP contribution in [0, 0.1) is 17.2 Å². The van der Waals surface area contributed by atoms with Crippen molar-refractivity contribution >= 4 is 28.8 Å².